The van der Waals surface area contributed by atoms with E-state index in [0.29, 0.717) is 17.7 Å². The highest BCUT2D eigenvalue weighted by atomic mass is 16.5. The van der Waals surface area contributed by atoms with Gasteiger partial charge in [0.15, 0.2) is 11.6 Å². The third kappa shape index (κ3) is 1.73. The monoisotopic (exact) mass is 194 g/mol. The van der Waals surface area contributed by atoms with Crippen LogP contribution in [0.2, 0.25) is 0 Å². The van der Waals surface area contributed by atoms with E-state index in [1.807, 2.05) is 13.1 Å². The van der Waals surface area contributed by atoms with Crippen LogP contribution in [0.1, 0.15) is 12.8 Å². The highest BCUT2D eigenvalue weighted by Crippen LogP contribution is 2.36. The quantitative estimate of drug-likeness (QED) is 0.791. The molecule has 1 aromatic rings. The Hall–Kier alpha value is -1.45. The maximum atomic E-state index is 5.68. The molecule has 14 heavy (non-hydrogen) atoms. The van der Waals surface area contributed by atoms with Crippen molar-refractivity contribution in [3.05, 3.63) is 12.3 Å². The topological polar surface area (TPSA) is 43.4 Å². The zero-order valence-electron chi connectivity index (χ0n) is 8.41. The first-order chi connectivity index (χ1) is 6.85. The van der Waals surface area contributed by atoms with Crippen molar-refractivity contribution in [2.24, 2.45) is 0 Å². The summed E-state index contributed by atoms with van der Waals surface area (Å²) in [6.45, 7) is 0. The summed E-state index contributed by atoms with van der Waals surface area (Å²) in [4.78, 5) is 4.14. The molecule has 0 saturated heterocycles. The van der Waals surface area contributed by atoms with Gasteiger partial charge in [-0.2, -0.15) is 0 Å². The summed E-state index contributed by atoms with van der Waals surface area (Å²) < 4.78 is 10.9. The van der Waals surface area contributed by atoms with Crippen molar-refractivity contribution in [2.45, 2.75) is 18.9 Å². The van der Waals surface area contributed by atoms with Crippen molar-refractivity contribution in [2.75, 3.05) is 19.5 Å². The SMILES string of the molecule is CNc1nccc(OC2CC2)c1OC. The number of rotatable bonds is 4. The van der Waals surface area contributed by atoms with Gasteiger partial charge in [0.2, 0.25) is 5.75 Å². The van der Waals surface area contributed by atoms with Crippen molar-refractivity contribution < 1.29 is 9.47 Å². The molecule has 4 nitrogen and oxygen atoms in total. The molecule has 1 aliphatic rings. The third-order valence-corrected chi connectivity index (χ3v) is 2.13. The average Bonchev–Trinajstić information content (AvgIpc) is 3.01. The molecule has 4 heteroatoms. The molecule has 0 bridgehead atoms. The molecular formula is C10H14N2O2. The molecule has 1 N–H and O–H groups in total. The molecular weight excluding hydrogens is 180 g/mol. The summed E-state index contributed by atoms with van der Waals surface area (Å²) >= 11 is 0. The van der Waals surface area contributed by atoms with Gasteiger partial charge in [0.1, 0.15) is 0 Å². The van der Waals surface area contributed by atoms with E-state index in [2.05, 4.69) is 10.3 Å². The van der Waals surface area contributed by atoms with Crippen molar-refractivity contribution in [1.82, 2.24) is 4.98 Å². The molecule has 2 rings (SSSR count). The minimum absolute atomic E-state index is 0.371. The van der Waals surface area contributed by atoms with Gasteiger partial charge < -0.3 is 14.8 Å². The fourth-order valence-corrected chi connectivity index (χ4v) is 1.26. The number of ether oxygens (including phenoxy) is 2. The van der Waals surface area contributed by atoms with Crippen LogP contribution < -0.4 is 14.8 Å². The van der Waals surface area contributed by atoms with Crippen LogP contribution in [0.15, 0.2) is 12.3 Å². The molecule has 0 radical (unpaired) electrons. The lowest BCUT2D eigenvalue weighted by Crippen LogP contribution is -2.02. The highest BCUT2D eigenvalue weighted by molar-refractivity contribution is 5.57. The number of hydrogen-bond donors (Lipinski definition) is 1. The maximum absolute atomic E-state index is 5.68. The van der Waals surface area contributed by atoms with Gasteiger partial charge >= 0.3 is 0 Å². The summed E-state index contributed by atoms with van der Waals surface area (Å²) in [6.07, 6.45) is 4.36. The van der Waals surface area contributed by atoms with Gasteiger partial charge in [-0.3, -0.25) is 0 Å². The predicted octanol–water partition coefficient (Wildman–Crippen LogP) is 1.67. The summed E-state index contributed by atoms with van der Waals surface area (Å²) in [5.41, 5.74) is 0. The normalized spacial score (nSPS) is 15.0. The van der Waals surface area contributed by atoms with E-state index in [1.165, 1.54) is 0 Å². The molecule has 0 amide bonds. The summed E-state index contributed by atoms with van der Waals surface area (Å²) in [7, 11) is 3.43. The number of aromatic nitrogens is 1. The zero-order valence-corrected chi connectivity index (χ0v) is 8.41. The van der Waals surface area contributed by atoms with E-state index in [0.717, 1.165) is 18.6 Å². The second-order valence-corrected chi connectivity index (χ2v) is 3.26. The lowest BCUT2D eigenvalue weighted by Gasteiger charge is -2.12. The van der Waals surface area contributed by atoms with Gasteiger partial charge in [-0.25, -0.2) is 4.98 Å². The number of nitrogens with one attached hydrogen (secondary N) is 1. The Kier molecular flexibility index (Phi) is 2.43. The Morgan fingerprint density at radius 2 is 2.29 bits per heavy atom. The van der Waals surface area contributed by atoms with Gasteiger partial charge in [0.05, 0.1) is 13.2 Å². The van der Waals surface area contributed by atoms with E-state index in [1.54, 1.807) is 13.3 Å². The van der Waals surface area contributed by atoms with Gasteiger partial charge in [-0.05, 0) is 12.8 Å². The fraction of sp³-hybridized carbons (Fsp3) is 0.500. The predicted molar refractivity (Wildman–Crippen MR) is 54.0 cm³/mol. The van der Waals surface area contributed by atoms with Crippen LogP contribution in [0.5, 0.6) is 11.5 Å². The first-order valence-electron chi connectivity index (χ1n) is 4.72. The lowest BCUT2D eigenvalue weighted by molar-refractivity contribution is 0.282. The first kappa shape index (κ1) is 9.12. The van der Waals surface area contributed by atoms with Crippen LogP contribution in [-0.2, 0) is 0 Å². The molecule has 1 fully saturated rings. The number of nitrogens with zero attached hydrogens (tertiary/aromatic N) is 1. The first-order valence-corrected chi connectivity index (χ1v) is 4.72. The van der Waals surface area contributed by atoms with Crippen LogP contribution in [0.4, 0.5) is 5.82 Å². The Bertz CT molecular complexity index is 324. The third-order valence-electron chi connectivity index (χ3n) is 2.13. The van der Waals surface area contributed by atoms with E-state index in [4.69, 9.17) is 9.47 Å². The fourth-order valence-electron chi connectivity index (χ4n) is 1.26. The minimum atomic E-state index is 0.371. The van der Waals surface area contributed by atoms with Crippen LogP contribution in [0.25, 0.3) is 0 Å². The van der Waals surface area contributed by atoms with E-state index >= 15 is 0 Å². The molecule has 0 spiro atoms. The molecule has 0 aliphatic heterocycles. The smallest absolute Gasteiger partial charge is 0.203 e. The van der Waals surface area contributed by atoms with Crippen LogP contribution in [0.3, 0.4) is 0 Å². The standard InChI is InChI=1S/C10H14N2O2/c1-11-10-9(13-2)8(5-6-12-10)14-7-3-4-7/h5-7H,3-4H2,1-2H3,(H,11,12). The van der Waals surface area contributed by atoms with Crippen molar-refractivity contribution in [3.8, 4) is 11.5 Å². The average molecular weight is 194 g/mol. The van der Waals surface area contributed by atoms with Crippen molar-refractivity contribution >= 4 is 5.82 Å². The van der Waals surface area contributed by atoms with Gasteiger partial charge in [-0.1, -0.05) is 0 Å². The lowest BCUT2D eigenvalue weighted by atomic mass is 10.4. The van der Waals surface area contributed by atoms with E-state index in [9.17, 15) is 0 Å². The molecule has 1 saturated carbocycles. The molecule has 0 unspecified atom stereocenters. The number of hydrogen-bond acceptors (Lipinski definition) is 4. The minimum Gasteiger partial charge on any atom is -0.490 e. The van der Waals surface area contributed by atoms with Crippen molar-refractivity contribution in [3.63, 3.8) is 0 Å². The molecule has 76 valence electrons. The number of anilines is 1. The molecule has 0 aromatic carbocycles. The van der Waals surface area contributed by atoms with Crippen LogP contribution in [0, 0.1) is 0 Å². The Balaban J connectivity index is 2.26. The second kappa shape index (κ2) is 3.74. The van der Waals surface area contributed by atoms with Crippen LogP contribution in [-0.4, -0.2) is 25.2 Å². The Labute approximate surface area is 83.2 Å². The zero-order chi connectivity index (χ0) is 9.97. The second-order valence-electron chi connectivity index (χ2n) is 3.26. The molecule has 1 aliphatic carbocycles. The number of methoxy groups -OCH3 is 1. The highest BCUT2D eigenvalue weighted by Gasteiger charge is 2.25. The van der Waals surface area contributed by atoms with Crippen molar-refractivity contribution in [1.29, 1.82) is 0 Å². The van der Waals surface area contributed by atoms with Gasteiger partial charge in [0, 0.05) is 19.3 Å². The van der Waals surface area contributed by atoms with E-state index in [-0.39, 0.29) is 0 Å². The maximum Gasteiger partial charge on any atom is 0.203 e. The van der Waals surface area contributed by atoms with E-state index < -0.39 is 0 Å². The van der Waals surface area contributed by atoms with Gasteiger partial charge in [-0.15, -0.1) is 0 Å². The van der Waals surface area contributed by atoms with Crippen LogP contribution >= 0.6 is 0 Å². The summed E-state index contributed by atoms with van der Waals surface area (Å²) in [5.74, 6) is 2.17. The molecule has 1 heterocycles. The Morgan fingerprint density at radius 3 is 2.86 bits per heavy atom. The Morgan fingerprint density at radius 1 is 1.50 bits per heavy atom. The summed E-state index contributed by atoms with van der Waals surface area (Å²) in [6, 6.07) is 1.83. The number of pyridine rings is 1. The molecule has 0 atom stereocenters. The molecule has 1 aromatic heterocycles. The van der Waals surface area contributed by atoms with Gasteiger partial charge in [0.25, 0.3) is 0 Å². The largest absolute Gasteiger partial charge is 0.490 e. The summed E-state index contributed by atoms with van der Waals surface area (Å²) in [5, 5.41) is 2.96.